The van der Waals surface area contributed by atoms with E-state index >= 15 is 0 Å². The maximum atomic E-state index is 12.0. The summed E-state index contributed by atoms with van der Waals surface area (Å²) in [4.78, 5) is 16.2. The van der Waals surface area contributed by atoms with Crippen molar-refractivity contribution in [3.8, 4) is 5.75 Å². The first-order valence-corrected chi connectivity index (χ1v) is 8.35. The van der Waals surface area contributed by atoms with Gasteiger partial charge in [-0.3, -0.25) is 4.79 Å². The molecule has 2 aromatic carbocycles. The number of carbonyl (C=O) groups excluding carboxylic acids is 1. The van der Waals surface area contributed by atoms with Gasteiger partial charge in [0.05, 0.1) is 18.5 Å². The van der Waals surface area contributed by atoms with Crippen LogP contribution in [0.4, 0.5) is 11.4 Å². The first kappa shape index (κ1) is 16.4. The third kappa shape index (κ3) is 3.23. The van der Waals surface area contributed by atoms with Crippen LogP contribution in [0.3, 0.4) is 0 Å². The fourth-order valence-corrected chi connectivity index (χ4v) is 3.35. The van der Waals surface area contributed by atoms with E-state index in [0.29, 0.717) is 0 Å². The summed E-state index contributed by atoms with van der Waals surface area (Å²) < 4.78 is 5.53. The lowest BCUT2D eigenvalue weighted by Gasteiger charge is -2.27. The minimum Gasteiger partial charge on any atom is -0.496 e. The summed E-state index contributed by atoms with van der Waals surface area (Å²) in [5, 5.41) is 0. The van der Waals surface area contributed by atoms with Crippen molar-refractivity contribution in [1.29, 1.82) is 0 Å². The quantitative estimate of drug-likeness (QED) is 0.861. The highest BCUT2D eigenvalue weighted by molar-refractivity contribution is 5.95. The Bertz CT molecular complexity index is 742. The van der Waals surface area contributed by atoms with Gasteiger partial charge < -0.3 is 14.5 Å². The summed E-state index contributed by atoms with van der Waals surface area (Å²) in [7, 11) is 1.71. The number of benzene rings is 2. The lowest BCUT2D eigenvalue weighted by atomic mass is 10.1. The molecular weight excluding hydrogens is 300 g/mol. The highest BCUT2D eigenvalue weighted by Crippen LogP contribution is 2.34. The number of ether oxygens (including phenoxy) is 1. The minimum atomic E-state index is 0.0948. The minimum absolute atomic E-state index is 0.0948. The van der Waals surface area contributed by atoms with Crippen LogP contribution < -0.4 is 14.5 Å². The first-order valence-electron chi connectivity index (χ1n) is 8.35. The molecule has 0 saturated heterocycles. The van der Waals surface area contributed by atoms with Crippen LogP contribution in [0.1, 0.15) is 24.5 Å². The number of rotatable bonds is 3. The topological polar surface area (TPSA) is 32.8 Å². The normalized spacial score (nSPS) is 14.1. The number of hydrogen-bond acceptors (Lipinski definition) is 3. The Labute approximate surface area is 143 Å². The number of anilines is 2. The zero-order valence-electron chi connectivity index (χ0n) is 14.6. The summed E-state index contributed by atoms with van der Waals surface area (Å²) in [6.07, 6.45) is 0.947. The predicted octanol–water partition coefficient (Wildman–Crippen LogP) is 3.77. The Morgan fingerprint density at radius 1 is 1.12 bits per heavy atom. The van der Waals surface area contributed by atoms with Gasteiger partial charge in [0, 0.05) is 32.1 Å². The van der Waals surface area contributed by atoms with Crippen LogP contribution in [-0.4, -0.2) is 26.1 Å². The van der Waals surface area contributed by atoms with Crippen molar-refractivity contribution in [2.24, 2.45) is 0 Å². The predicted molar refractivity (Wildman–Crippen MR) is 97.9 cm³/mol. The standard InChI is InChI=1S/C20H24N2O2/c1-15-9-10-20(24-3)17(13-15)14-21-11-6-12-22(16(2)23)19-8-5-4-7-18(19)21/h4-5,7-10,13H,6,11-12,14H2,1-3H3. The van der Waals surface area contributed by atoms with Gasteiger partial charge in [-0.1, -0.05) is 29.8 Å². The Kier molecular flexibility index (Phi) is 4.74. The second-order valence-corrected chi connectivity index (χ2v) is 6.25. The van der Waals surface area contributed by atoms with Crippen LogP contribution in [-0.2, 0) is 11.3 Å². The van der Waals surface area contributed by atoms with E-state index in [9.17, 15) is 4.79 Å². The van der Waals surface area contributed by atoms with Crippen molar-refractivity contribution < 1.29 is 9.53 Å². The summed E-state index contributed by atoms with van der Waals surface area (Å²) in [6, 6.07) is 14.4. The van der Waals surface area contributed by atoms with Crippen LogP contribution in [0, 0.1) is 6.92 Å². The highest BCUT2D eigenvalue weighted by Gasteiger charge is 2.23. The fraction of sp³-hybridized carbons (Fsp3) is 0.350. The van der Waals surface area contributed by atoms with Gasteiger partial charge in [0.2, 0.25) is 5.91 Å². The summed E-state index contributed by atoms with van der Waals surface area (Å²) >= 11 is 0. The van der Waals surface area contributed by atoms with Crippen LogP contribution in [0.25, 0.3) is 0 Å². The van der Waals surface area contributed by atoms with E-state index in [4.69, 9.17) is 4.74 Å². The number of carbonyl (C=O) groups is 1. The maximum absolute atomic E-state index is 12.0. The van der Waals surface area contributed by atoms with Gasteiger partial charge in [0.15, 0.2) is 0 Å². The van der Waals surface area contributed by atoms with Gasteiger partial charge in [-0.15, -0.1) is 0 Å². The molecule has 3 rings (SSSR count). The molecule has 0 radical (unpaired) electrons. The number of para-hydroxylation sites is 2. The molecule has 24 heavy (non-hydrogen) atoms. The molecule has 0 unspecified atom stereocenters. The second-order valence-electron chi connectivity index (χ2n) is 6.25. The number of hydrogen-bond donors (Lipinski definition) is 0. The monoisotopic (exact) mass is 324 g/mol. The molecule has 0 bridgehead atoms. The first-order chi connectivity index (χ1) is 11.6. The lowest BCUT2D eigenvalue weighted by Crippen LogP contribution is -2.28. The summed E-state index contributed by atoms with van der Waals surface area (Å²) in [6.45, 7) is 6.17. The molecule has 0 saturated carbocycles. The Morgan fingerprint density at radius 3 is 2.58 bits per heavy atom. The molecule has 0 fully saturated rings. The van der Waals surface area contributed by atoms with Crippen molar-refractivity contribution in [1.82, 2.24) is 0 Å². The lowest BCUT2D eigenvalue weighted by molar-refractivity contribution is -0.116. The Hall–Kier alpha value is -2.49. The van der Waals surface area contributed by atoms with Gasteiger partial charge in [0.25, 0.3) is 0 Å². The van der Waals surface area contributed by atoms with Gasteiger partial charge in [-0.05, 0) is 31.5 Å². The molecule has 4 heteroatoms. The number of aryl methyl sites for hydroxylation is 1. The van der Waals surface area contributed by atoms with Crippen molar-refractivity contribution >= 4 is 17.3 Å². The second kappa shape index (κ2) is 6.95. The maximum Gasteiger partial charge on any atom is 0.223 e. The molecular formula is C20H24N2O2. The molecule has 2 aromatic rings. The van der Waals surface area contributed by atoms with Crippen molar-refractivity contribution in [3.05, 3.63) is 53.6 Å². The molecule has 1 aliphatic rings. The molecule has 126 valence electrons. The van der Waals surface area contributed by atoms with Crippen molar-refractivity contribution in [2.45, 2.75) is 26.8 Å². The third-order valence-electron chi connectivity index (χ3n) is 4.50. The van der Waals surface area contributed by atoms with Crippen LogP contribution in [0.2, 0.25) is 0 Å². The molecule has 1 aliphatic heterocycles. The summed E-state index contributed by atoms with van der Waals surface area (Å²) in [5.74, 6) is 1.00. The third-order valence-corrected chi connectivity index (χ3v) is 4.50. The van der Waals surface area contributed by atoms with Crippen molar-refractivity contribution in [3.63, 3.8) is 0 Å². The molecule has 1 heterocycles. The molecule has 4 nitrogen and oxygen atoms in total. The van der Waals surface area contributed by atoms with Crippen LogP contribution in [0.5, 0.6) is 5.75 Å². The molecule has 0 atom stereocenters. The summed E-state index contributed by atoms with van der Waals surface area (Å²) in [5.41, 5.74) is 4.49. The van der Waals surface area contributed by atoms with E-state index in [-0.39, 0.29) is 5.91 Å². The van der Waals surface area contributed by atoms with E-state index < -0.39 is 0 Å². The average Bonchev–Trinajstić information content (AvgIpc) is 2.75. The van der Waals surface area contributed by atoms with E-state index in [1.807, 2.05) is 29.2 Å². The zero-order valence-corrected chi connectivity index (χ0v) is 14.6. The molecule has 0 spiro atoms. The van der Waals surface area contributed by atoms with Crippen LogP contribution >= 0.6 is 0 Å². The van der Waals surface area contributed by atoms with Crippen molar-refractivity contribution in [2.75, 3.05) is 30.0 Å². The molecule has 0 aromatic heterocycles. The SMILES string of the molecule is COc1ccc(C)cc1CN1CCCN(C(C)=O)c2ccccc21. The van der Waals surface area contributed by atoms with E-state index in [1.165, 1.54) is 11.1 Å². The van der Waals surface area contributed by atoms with Gasteiger partial charge in [-0.2, -0.15) is 0 Å². The van der Waals surface area contributed by atoms with Crippen LogP contribution in [0.15, 0.2) is 42.5 Å². The number of amides is 1. The van der Waals surface area contributed by atoms with Gasteiger partial charge in [-0.25, -0.2) is 0 Å². The smallest absolute Gasteiger partial charge is 0.223 e. The van der Waals surface area contributed by atoms with Gasteiger partial charge >= 0.3 is 0 Å². The highest BCUT2D eigenvalue weighted by atomic mass is 16.5. The largest absolute Gasteiger partial charge is 0.496 e. The Morgan fingerprint density at radius 2 is 1.88 bits per heavy atom. The molecule has 1 amide bonds. The van der Waals surface area contributed by atoms with Gasteiger partial charge in [0.1, 0.15) is 5.75 Å². The van der Waals surface area contributed by atoms with E-state index in [0.717, 1.165) is 43.2 Å². The number of fused-ring (bicyclic) bond motifs is 1. The molecule has 0 aliphatic carbocycles. The number of methoxy groups -OCH3 is 1. The Balaban J connectivity index is 1.98. The molecule has 0 N–H and O–H groups in total. The average molecular weight is 324 g/mol. The fourth-order valence-electron chi connectivity index (χ4n) is 3.35. The van der Waals surface area contributed by atoms with E-state index in [1.54, 1.807) is 14.0 Å². The van der Waals surface area contributed by atoms with E-state index in [2.05, 4.69) is 30.0 Å². The zero-order chi connectivity index (χ0) is 17.1. The number of nitrogens with zero attached hydrogens (tertiary/aromatic N) is 2.